The van der Waals surface area contributed by atoms with E-state index in [0.717, 1.165) is 15.7 Å². The SMILES string of the molecule is CN(C)c1ccc(CNC(=O)Nc2cc3c(cc2Br)OCCO3)cc1. The Morgan fingerprint density at radius 2 is 1.76 bits per heavy atom. The highest BCUT2D eigenvalue weighted by atomic mass is 79.9. The predicted molar refractivity (Wildman–Crippen MR) is 102 cm³/mol. The number of halogens is 1. The normalized spacial score (nSPS) is 12.4. The number of amides is 2. The zero-order valence-corrected chi connectivity index (χ0v) is 15.7. The minimum absolute atomic E-state index is 0.283. The first-order valence-corrected chi connectivity index (χ1v) is 8.72. The Labute approximate surface area is 155 Å². The fourth-order valence-electron chi connectivity index (χ4n) is 2.42. The quantitative estimate of drug-likeness (QED) is 0.815. The summed E-state index contributed by atoms with van der Waals surface area (Å²) in [5.74, 6) is 1.30. The van der Waals surface area contributed by atoms with Crippen LogP contribution in [-0.4, -0.2) is 33.3 Å². The Morgan fingerprint density at radius 3 is 2.40 bits per heavy atom. The van der Waals surface area contributed by atoms with Crippen molar-refractivity contribution in [3.05, 3.63) is 46.4 Å². The number of rotatable bonds is 4. The third kappa shape index (κ3) is 4.36. The van der Waals surface area contributed by atoms with Crippen LogP contribution in [0.4, 0.5) is 16.2 Å². The van der Waals surface area contributed by atoms with Gasteiger partial charge in [-0.15, -0.1) is 0 Å². The summed E-state index contributed by atoms with van der Waals surface area (Å²) in [6, 6.07) is 11.3. The molecule has 1 aliphatic rings. The molecule has 0 unspecified atom stereocenters. The topological polar surface area (TPSA) is 62.8 Å². The van der Waals surface area contributed by atoms with Crippen LogP contribution in [0.1, 0.15) is 5.56 Å². The molecule has 3 rings (SSSR count). The number of fused-ring (bicyclic) bond motifs is 1. The molecule has 0 saturated carbocycles. The lowest BCUT2D eigenvalue weighted by Gasteiger charge is -2.20. The minimum atomic E-state index is -0.283. The Kier molecular flexibility index (Phi) is 5.33. The molecule has 0 radical (unpaired) electrons. The number of carbonyl (C=O) groups excluding carboxylic acids is 1. The highest BCUT2D eigenvalue weighted by Crippen LogP contribution is 2.38. The van der Waals surface area contributed by atoms with E-state index in [0.29, 0.717) is 36.9 Å². The summed E-state index contributed by atoms with van der Waals surface area (Å²) < 4.78 is 11.8. The van der Waals surface area contributed by atoms with E-state index in [1.165, 1.54) is 0 Å². The van der Waals surface area contributed by atoms with Crippen LogP contribution in [0.5, 0.6) is 11.5 Å². The monoisotopic (exact) mass is 405 g/mol. The van der Waals surface area contributed by atoms with E-state index >= 15 is 0 Å². The third-order valence-corrected chi connectivity index (χ3v) is 4.44. The van der Waals surface area contributed by atoms with Gasteiger partial charge in [-0.2, -0.15) is 0 Å². The summed E-state index contributed by atoms with van der Waals surface area (Å²) in [5, 5.41) is 5.67. The summed E-state index contributed by atoms with van der Waals surface area (Å²) in [6.45, 7) is 1.48. The molecule has 7 heteroatoms. The van der Waals surface area contributed by atoms with Crippen LogP contribution in [0.2, 0.25) is 0 Å². The highest BCUT2D eigenvalue weighted by Gasteiger charge is 2.16. The van der Waals surface area contributed by atoms with Crippen molar-refractivity contribution in [3.8, 4) is 11.5 Å². The number of carbonyl (C=O) groups is 1. The summed E-state index contributed by atoms with van der Waals surface area (Å²) in [6.07, 6.45) is 0. The fraction of sp³-hybridized carbons (Fsp3) is 0.278. The van der Waals surface area contributed by atoms with Crippen molar-refractivity contribution in [1.29, 1.82) is 0 Å². The van der Waals surface area contributed by atoms with Gasteiger partial charge in [0.05, 0.1) is 5.69 Å². The summed E-state index contributed by atoms with van der Waals surface area (Å²) in [7, 11) is 3.98. The van der Waals surface area contributed by atoms with Gasteiger partial charge in [-0.05, 0) is 33.6 Å². The molecule has 2 aromatic carbocycles. The molecular weight excluding hydrogens is 386 g/mol. The van der Waals surface area contributed by atoms with Crippen molar-refractivity contribution < 1.29 is 14.3 Å². The molecule has 6 nitrogen and oxygen atoms in total. The second-order valence-electron chi connectivity index (χ2n) is 5.84. The summed E-state index contributed by atoms with van der Waals surface area (Å²) >= 11 is 3.44. The van der Waals surface area contributed by atoms with Gasteiger partial charge >= 0.3 is 6.03 Å². The minimum Gasteiger partial charge on any atom is -0.486 e. The second-order valence-corrected chi connectivity index (χ2v) is 6.70. The average molecular weight is 406 g/mol. The molecule has 0 atom stereocenters. The molecule has 0 aliphatic carbocycles. The first kappa shape index (κ1) is 17.4. The van der Waals surface area contributed by atoms with Crippen LogP contribution in [0.3, 0.4) is 0 Å². The van der Waals surface area contributed by atoms with Gasteiger partial charge < -0.3 is 25.0 Å². The molecule has 0 saturated heterocycles. The van der Waals surface area contributed by atoms with Gasteiger partial charge in [-0.25, -0.2) is 4.79 Å². The van der Waals surface area contributed by atoms with Crippen LogP contribution >= 0.6 is 15.9 Å². The van der Waals surface area contributed by atoms with E-state index in [2.05, 4.69) is 26.6 Å². The maximum atomic E-state index is 12.2. The standard InChI is InChI=1S/C18H20BrN3O3/c1-22(2)13-5-3-12(4-6-13)11-20-18(23)21-15-10-17-16(9-14(15)19)24-7-8-25-17/h3-6,9-10H,7-8,11H2,1-2H3,(H2,20,21,23). The third-order valence-electron chi connectivity index (χ3n) is 3.79. The number of nitrogens with zero attached hydrogens (tertiary/aromatic N) is 1. The van der Waals surface area contributed by atoms with Crippen molar-refractivity contribution in [3.63, 3.8) is 0 Å². The Bertz CT molecular complexity index is 763. The molecule has 2 amide bonds. The Balaban J connectivity index is 1.59. The first-order chi connectivity index (χ1) is 12.0. The highest BCUT2D eigenvalue weighted by molar-refractivity contribution is 9.10. The maximum absolute atomic E-state index is 12.2. The molecule has 0 fully saturated rings. The van der Waals surface area contributed by atoms with Crippen molar-refractivity contribution >= 4 is 33.3 Å². The molecule has 25 heavy (non-hydrogen) atoms. The smallest absolute Gasteiger partial charge is 0.319 e. The lowest BCUT2D eigenvalue weighted by Crippen LogP contribution is -2.28. The fourth-order valence-corrected chi connectivity index (χ4v) is 2.84. The zero-order chi connectivity index (χ0) is 17.8. The van der Waals surface area contributed by atoms with Crippen molar-refractivity contribution in [2.45, 2.75) is 6.54 Å². The second kappa shape index (κ2) is 7.65. The number of urea groups is 1. The van der Waals surface area contributed by atoms with Gasteiger partial charge in [0.2, 0.25) is 0 Å². The summed E-state index contributed by atoms with van der Waals surface area (Å²) in [4.78, 5) is 14.2. The van der Waals surface area contributed by atoms with E-state index < -0.39 is 0 Å². The van der Waals surface area contributed by atoms with Crippen molar-refractivity contribution in [1.82, 2.24) is 5.32 Å². The molecule has 2 N–H and O–H groups in total. The van der Waals surface area contributed by atoms with E-state index in [1.54, 1.807) is 12.1 Å². The number of ether oxygens (including phenoxy) is 2. The molecule has 0 bridgehead atoms. The van der Waals surface area contributed by atoms with E-state index in [1.807, 2.05) is 43.3 Å². The Morgan fingerprint density at radius 1 is 1.12 bits per heavy atom. The van der Waals surface area contributed by atoms with Gasteiger partial charge in [0, 0.05) is 42.9 Å². The predicted octanol–water partition coefficient (Wildman–Crippen LogP) is 3.61. The van der Waals surface area contributed by atoms with Gasteiger partial charge in [0.15, 0.2) is 11.5 Å². The Hall–Kier alpha value is -2.41. The van der Waals surface area contributed by atoms with Crippen LogP contribution < -0.4 is 25.0 Å². The van der Waals surface area contributed by atoms with Crippen LogP contribution in [0, 0.1) is 0 Å². The lowest BCUT2D eigenvalue weighted by molar-refractivity contribution is 0.171. The molecule has 0 spiro atoms. The molecule has 132 valence electrons. The number of benzene rings is 2. The first-order valence-electron chi connectivity index (χ1n) is 7.93. The molecule has 1 heterocycles. The molecule has 2 aromatic rings. The van der Waals surface area contributed by atoms with E-state index in [-0.39, 0.29) is 6.03 Å². The molecular formula is C18H20BrN3O3. The van der Waals surface area contributed by atoms with Crippen molar-refractivity contribution in [2.24, 2.45) is 0 Å². The largest absolute Gasteiger partial charge is 0.486 e. The summed E-state index contributed by atoms with van der Waals surface area (Å²) in [5.41, 5.74) is 2.78. The molecule has 0 aromatic heterocycles. The van der Waals surface area contributed by atoms with Crippen LogP contribution in [0.25, 0.3) is 0 Å². The van der Waals surface area contributed by atoms with Crippen LogP contribution in [0.15, 0.2) is 40.9 Å². The number of hydrogen-bond acceptors (Lipinski definition) is 4. The molecule has 1 aliphatic heterocycles. The zero-order valence-electron chi connectivity index (χ0n) is 14.1. The van der Waals surface area contributed by atoms with Gasteiger partial charge in [0.25, 0.3) is 0 Å². The number of anilines is 2. The lowest BCUT2D eigenvalue weighted by atomic mass is 10.2. The van der Waals surface area contributed by atoms with Crippen molar-refractivity contribution in [2.75, 3.05) is 37.5 Å². The average Bonchev–Trinajstić information content (AvgIpc) is 2.61. The number of hydrogen-bond donors (Lipinski definition) is 2. The maximum Gasteiger partial charge on any atom is 0.319 e. The van der Waals surface area contributed by atoms with E-state index in [4.69, 9.17) is 9.47 Å². The van der Waals surface area contributed by atoms with Gasteiger partial charge in [-0.3, -0.25) is 0 Å². The van der Waals surface area contributed by atoms with Crippen LogP contribution in [-0.2, 0) is 6.54 Å². The van der Waals surface area contributed by atoms with E-state index in [9.17, 15) is 4.79 Å². The number of nitrogens with one attached hydrogen (secondary N) is 2. The van der Waals surface area contributed by atoms with Gasteiger partial charge in [-0.1, -0.05) is 12.1 Å². The van der Waals surface area contributed by atoms with Gasteiger partial charge in [0.1, 0.15) is 13.2 Å².